The van der Waals surface area contributed by atoms with E-state index in [1.54, 1.807) is 51.5 Å². The molecule has 0 unspecified atom stereocenters. The Kier molecular flexibility index (Phi) is 5.73. The van der Waals surface area contributed by atoms with Gasteiger partial charge >= 0.3 is 0 Å². The van der Waals surface area contributed by atoms with Crippen LogP contribution in [0.1, 0.15) is 15.9 Å². The summed E-state index contributed by atoms with van der Waals surface area (Å²) in [5.41, 5.74) is 2.08. The molecule has 124 valence electrons. The Morgan fingerprint density at radius 2 is 1.79 bits per heavy atom. The molecule has 0 aliphatic heterocycles. The summed E-state index contributed by atoms with van der Waals surface area (Å²) in [5.74, 6) is 0.411. The van der Waals surface area contributed by atoms with Gasteiger partial charge in [-0.05, 0) is 48.0 Å². The van der Waals surface area contributed by atoms with Gasteiger partial charge in [-0.3, -0.25) is 9.59 Å². The first kappa shape index (κ1) is 17.3. The van der Waals surface area contributed by atoms with Gasteiger partial charge < -0.3 is 15.0 Å². The Labute approximate surface area is 141 Å². The van der Waals surface area contributed by atoms with Crippen LogP contribution in [0.15, 0.2) is 54.6 Å². The van der Waals surface area contributed by atoms with E-state index >= 15 is 0 Å². The summed E-state index contributed by atoms with van der Waals surface area (Å²) in [7, 11) is 4.99. The Hall–Kier alpha value is -3.08. The van der Waals surface area contributed by atoms with Crippen molar-refractivity contribution >= 4 is 23.6 Å². The molecule has 0 aliphatic carbocycles. The third-order valence-corrected chi connectivity index (χ3v) is 3.33. The summed E-state index contributed by atoms with van der Waals surface area (Å²) in [6.45, 7) is 0. The monoisotopic (exact) mass is 324 g/mol. The summed E-state index contributed by atoms with van der Waals surface area (Å²) in [5, 5.41) is 2.75. The molecule has 0 saturated heterocycles. The number of ether oxygens (including phenoxy) is 1. The molecule has 0 saturated carbocycles. The van der Waals surface area contributed by atoms with Crippen molar-refractivity contribution in [1.82, 2.24) is 4.90 Å². The number of hydrogen-bond acceptors (Lipinski definition) is 3. The van der Waals surface area contributed by atoms with Crippen molar-refractivity contribution in [2.75, 3.05) is 26.5 Å². The van der Waals surface area contributed by atoms with Gasteiger partial charge in [-0.1, -0.05) is 12.1 Å². The van der Waals surface area contributed by atoms with E-state index in [-0.39, 0.29) is 11.8 Å². The fourth-order valence-corrected chi connectivity index (χ4v) is 2.06. The van der Waals surface area contributed by atoms with Crippen LogP contribution in [0.4, 0.5) is 5.69 Å². The van der Waals surface area contributed by atoms with Crippen LogP contribution in [0, 0.1) is 0 Å². The molecule has 0 aromatic heterocycles. The first-order valence-corrected chi connectivity index (χ1v) is 7.44. The van der Waals surface area contributed by atoms with Crippen LogP contribution in [0.25, 0.3) is 6.08 Å². The van der Waals surface area contributed by atoms with Crippen molar-refractivity contribution in [3.63, 3.8) is 0 Å². The van der Waals surface area contributed by atoms with Crippen molar-refractivity contribution in [1.29, 1.82) is 0 Å². The molecule has 1 N–H and O–H groups in total. The fraction of sp³-hybridized carbons (Fsp3) is 0.158. The summed E-state index contributed by atoms with van der Waals surface area (Å²) in [6.07, 6.45) is 3.16. The number of rotatable bonds is 5. The molecule has 2 aromatic rings. The van der Waals surface area contributed by atoms with Crippen LogP contribution in [-0.2, 0) is 4.79 Å². The molecule has 2 aromatic carbocycles. The minimum absolute atomic E-state index is 0.0780. The lowest BCUT2D eigenvalue weighted by Gasteiger charge is -2.10. The normalized spacial score (nSPS) is 10.5. The van der Waals surface area contributed by atoms with Gasteiger partial charge in [0, 0.05) is 31.4 Å². The minimum Gasteiger partial charge on any atom is -0.497 e. The molecule has 0 radical (unpaired) electrons. The molecule has 0 aliphatic rings. The molecule has 5 nitrogen and oxygen atoms in total. The minimum atomic E-state index is -0.246. The number of carbonyl (C=O) groups is 2. The van der Waals surface area contributed by atoms with Crippen LogP contribution >= 0.6 is 0 Å². The largest absolute Gasteiger partial charge is 0.497 e. The first-order chi connectivity index (χ1) is 11.5. The molecule has 0 atom stereocenters. The Balaban J connectivity index is 1.99. The summed E-state index contributed by atoms with van der Waals surface area (Å²) >= 11 is 0. The number of nitrogens with one attached hydrogen (secondary N) is 1. The standard InChI is InChI=1S/C19H20N2O3/c1-21(2)19(23)15-8-10-16(11-9-15)20-18(22)12-7-14-5-4-6-17(13-14)24-3/h4-13H,1-3H3,(H,20,22)/b12-7+. The molecule has 0 heterocycles. The topological polar surface area (TPSA) is 58.6 Å². The summed E-state index contributed by atoms with van der Waals surface area (Å²) in [4.78, 5) is 25.3. The van der Waals surface area contributed by atoms with E-state index in [1.165, 1.54) is 11.0 Å². The van der Waals surface area contributed by atoms with Crippen molar-refractivity contribution in [3.8, 4) is 5.75 Å². The molecule has 0 fully saturated rings. The second-order valence-corrected chi connectivity index (χ2v) is 5.38. The molecular weight excluding hydrogens is 304 g/mol. The molecule has 2 rings (SSSR count). The van der Waals surface area contributed by atoms with Crippen molar-refractivity contribution < 1.29 is 14.3 Å². The van der Waals surface area contributed by atoms with Gasteiger partial charge in [0.2, 0.25) is 5.91 Å². The Bertz CT molecular complexity index is 749. The third-order valence-electron chi connectivity index (χ3n) is 3.33. The fourth-order valence-electron chi connectivity index (χ4n) is 2.06. The molecule has 5 heteroatoms. The summed E-state index contributed by atoms with van der Waals surface area (Å²) in [6, 6.07) is 14.2. The second kappa shape index (κ2) is 7.97. The SMILES string of the molecule is COc1cccc(/C=C/C(=O)Nc2ccc(C(=O)N(C)C)cc2)c1. The zero-order valence-corrected chi connectivity index (χ0v) is 13.9. The molecular formula is C19H20N2O3. The first-order valence-electron chi connectivity index (χ1n) is 7.44. The van der Waals surface area contributed by atoms with E-state index in [0.29, 0.717) is 11.3 Å². The van der Waals surface area contributed by atoms with E-state index in [1.807, 2.05) is 24.3 Å². The van der Waals surface area contributed by atoms with Gasteiger partial charge in [0.1, 0.15) is 5.75 Å². The highest BCUT2D eigenvalue weighted by Gasteiger charge is 2.07. The Morgan fingerprint density at radius 1 is 1.08 bits per heavy atom. The van der Waals surface area contributed by atoms with E-state index in [0.717, 1.165) is 11.3 Å². The van der Waals surface area contributed by atoms with E-state index < -0.39 is 0 Å². The van der Waals surface area contributed by atoms with E-state index in [4.69, 9.17) is 4.74 Å². The van der Waals surface area contributed by atoms with Crippen LogP contribution < -0.4 is 10.1 Å². The lowest BCUT2D eigenvalue weighted by Crippen LogP contribution is -2.21. The highest BCUT2D eigenvalue weighted by Crippen LogP contribution is 2.14. The van der Waals surface area contributed by atoms with Crippen LogP contribution in [0.2, 0.25) is 0 Å². The number of nitrogens with zero attached hydrogens (tertiary/aromatic N) is 1. The van der Waals surface area contributed by atoms with Gasteiger partial charge in [0.05, 0.1) is 7.11 Å². The van der Waals surface area contributed by atoms with Gasteiger partial charge in [-0.25, -0.2) is 0 Å². The average molecular weight is 324 g/mol. The Morgan fingerprint density at radius 3 is 2.42 bits per heavy atom. The van der Waals surface area contributed by atoms with Gasteiger partial charge in [0.25, 0.3) is 5.91 Å². The number of benzene rings is 2. The van der Waals surface area contributed by atoms with Gasteiger partial charge in [0.15, 0.2) is 0 Å². The van der Waals surface area contributed by atoms with Crippen molar-refractivity contribution in [3.05, 3.63) is 65.7 Å². The maximum absolute atomic E-state index is 12.0. The molecule has 24 heavy (non-hydrogen) atoms. The lowest BCUT2D eigenvalue weighted by molar-refractivity contribution is -0.111. The zero-order valence-electron chi connectivity index (χ0n) is 13.9. The van der Waals surface area contributed by atoms with Crippen LogP contribution in [0.3, 0.4) is 0 Å². The van der Waals surface area contributed by atoms with E-state index in [2.05, 4.69) is 5.32 Å². The molecule has 0 bridgehead atoms. The molecule has 2 amide bonds. The number of amides is 2. The van der Waals surface area contributed by atoms with Crippen LogP contribution in [0.5, 0.6) is 5.75 Å². The number of methoxy groups -OCH3 is 1. The highest BCUT2D eigenvalue weighted by atomic mass is 16.5. The quantitative estimate of drug-likeness (QED) is 0.860. The average Bonchev–Trinajstić information content (AvgIpc) is 2.60. The molecule has 0 spiro atoms. The van der Waals surface area contributed by atoms with Crippen molar-refractivity contribution in [2.24, 2.45) is 0 Å². The predicted octanol–water partition coefficient (Wildman–Crippen LogP) is 3.05. The zero-order chi connectivity index (χ0) is 17.5. The van der Waals surface area contributed by atoms with Crippen LogP contribution in [-0.4, -0.2) is 37.9 Å². The number of anilines is 1. The number of hydrogen-bond donors (Lipinski definition) is 1. The second-order valence-electron chi connectivity index (χ2n) is 5.38. The van der Waals surface area contributed by atoms with Gasteiger partial charge in [-0.15, -0.1) is 0 Å². The van der Waals surface area contributed by atoms with E-state index in [9.17, 15) is 9.59 Å². The smallest absolute Gasteiger partial charge is 0.253 e. The van der Waals surface area contributed by atoms with Gasteiger partial charge in [-0.2, -0.15) is 0 Å². The van der Waals surface area contributed by atoms with Crippen molar-refractivity contribution in [2.45, 2.75) is 0 Å². The third kappa shape index (κ3) is 4.71. The predicted molar refractivity (Wildman–Crippen MR) is 95.1 cm³/mol. The highest BCUT2D eigenvalue weighted by molar-refractivity contribution is 6.02. The summed E-state index contributed by atoms with van der Waals surface area (Å²) < 4.78 is 5.14. The number of carbonyl (C=O) groups excluding carboxylic acids is 2. The maximum atomic E-state index is 12.0. The lowest BCUT2D eigenvalue weighted by atomic mass is 10.2. The maximum Gasteiger partial charge on any atom is 0.253 e.